The Bertz CT molecular complexity index is 902. The largest absolute Gasteiger partial charge is 0.394 e. The SMILES string of the molecule is CCC(CO)N(Cc1nc2ccccc2c(=O)n1C)c1ccccc1. The summed E-state index contributed by atoms with van der Waals surface area (Å²) < 4.78 is 1.60. The number of rotatable bonds is 6. The number of para-hydroxylation sites is 2. The van der Waals surface area contributed by atoms with E-state index in [1.807, 2.05) is 55.5 Å². The molecule has 0 aliphatic heterocycles. The zero-order valence-electron chi connectivity index (χ0n) is 14.6. The van der Waals surface area contributed by atoms with Crippen LogP contribution in [0.5, 0.6) is 0 Å². The zero-order chi connectivity index (χ0) is 17.8. The minimum absolute atomic E-state index is 0.0363. The fourth-order valence-corrected chi connectivity index (χ4v) is 3.06. The molecule has 0 fully saturated rings. The van der Waals surface area contributed by atoms with E-state index in [-0.39, 0.29) is 18.2 Å². The van der Waals surface area contributed by atoms with Gasteiger partial charge in [0.1, 0.15) is 5.82 Å². The Morgan fingerprint density at radius 3 is 2.48 bits per heavy atom. The highest BCUT2D eigenvalue weighted by Crippen LogP contribution is 2.21. The van der Waals surface area contributed by atoms with Crippen LogP contribution in [-0.2, 0) is 13.6 Å². The molecule has 1 aromatic heterocycles. The molecule has 3 rings (SSSR count). The molecule has 0 radical (unpaired) electrons. The van der Waals surface area contributed by atoms with Gasteiger partial charge in [0.2, 0.25) is 0 Å². The normalized spacial score (nSPS) is 12.3. The van der Waals surface area contributed by atoms with E-state index < -0.39 is 0 Å². The van der Waals surface area contributed by atoms with Crippen LogP contribution in [0.4, 0.5) is 5.69 Å². The average molecular weight is 337 g/mol. The second-order valence-corrected chi connectivity index (χ2v) is 6.12. The van der Waals surface area contributed by atoms with E-state index in [2.05, 4.69) is 4.90 Å². The first-order valence-electron chi connectivity index (χ1n) is 8.53. The van der Waals surface area contributed by atoms with Crippen molar-refractivity contribution < 1.29 is 5.11 Å². The predicted molar refractivity (Wildman–Crippen MR) is 101 cm³/mol. The van der Waals surface area contributed by atoms with Gasteiger partial charge in [-0.3, -0.25) is 9.36 Å². The number of hydrogen-bond acceptors (Lipinski definition) is 4. The highest BCUT2D eigenvalue weighted by Gasteiger charge is 2.19. The van der Waals surface area contributed by atoms with Gasteiger partial charge in [-0.25, -0.2) is 4.98 Å². The number of anilines is 1. The Balaban J connectivity index is 2.07. The Kier molecular flexibility index (Phi) is 5.14. The lowest BCUT2D eigenvalue weighted by Gasteiger charge is -2.32. The van der Waals surface area contributed by atoms with Crippen LogP contribution in [0, 0.1) is 0 Å². The van der Waals surface area contributed by atoms with Crippen LogP contribution in [0.3, 0.4) is 0 Å². The van der Waals surface area contributed by atoms with Crippen molar-refractivity contribution in [3.05, 3.63) is 70.8 Å². The van der Waals surface area contributed by atoms with Crippen LogP contribution in [0.25, 0.3) is 10.9 Å². The van der Waals surface area contributed by atoms with E-state index in [1.165, 1.54) is 0 Å². The first-order chi connectivity index (χ1) is 12.2. The predicted octanol–water partition coefficient (Wildman–Crippen LogP) is 2.71. The standard InChI is InChI=1S/C20H23N3O2/c1-3-15(14-24)23(16-9-5-4-6-10-16)13-19-21-18-12-8-7-11-17(18)20(25)22(19)2/h4-12,15,24H,3,13-14H2,1-2H3. The minimum Gasteiger partial charge on any atom is -0.394 e. The first kappa shape index (κ1) is 17.2. The summed E-state index contributed by atoms with van der Waals surface area (Å²) in [5.41, 5.74) is 1.65. The van der Waals surface area contributed by atoms with E-state index >= 15 is 0 Å². The summed E-state index contributed by atoms with van der Waals surface area (Å²) in [6, 6.07) is 17.3. The van der Waals surface area contributed by atoms with Crippen LogP contribution in [0.15, 0.2) is 59.4 Å². The Morgan fingerprint density at radius 2 is 1.80 bits per heavy atom. The van der Waals surface area contributed by atoms with Gasteiger partial charge in [-0.2, -0.15) is 0 Å². The molecule has 1 N–H and O–H groups in total. The van der Waals surface area contributed by atoms with Gasteiger partial charge in [-0.1, -0.05) is 37.3 Å². The summed E-state index contributed by atoms with van der Waals surface area (Å²) in [6.45, 7) is 2.55. The van der Waals surface area contributed by atoms with Crippen molar-refractivity contribution in [2.24, 2.45) is 7.05 Å². The van der Waals surface area contributed by atoms with Crippen LogP contribution in [0.2, 0.25) is 0 Å². The third kappa shape index (κ3) is 3.42. The topological polar surface area (TPSA) is 58.4 Å². The van der Waals surface area contributed by atoms with Crippen molar-refractivity contribution in [2.45, 2.75) is 25.9 Å². The molecule has 0 saturated heterocycles. The molecule has 25 heavy (non-hydrogen) atoms. The zero-order valence-corrected chi connectivity index (χ0v) is 14.6. The van der Waals surface area contributed by atoms with Gasteiger partial charge < -0.3 is 10.0 Å². The van der Waals surface area contributed by atoms with Crippen molar-refractivity contribution in [1.29, 1.82) is 0 Å². The van der Waals surface area contributed by atoms with Crippen LogP contribution >= 0.6 is 0 Å². The lowest BCUT2D eigenvalue weighted by atomic mass is 10.1. The molecular formula is C20H23N3O2. The van der Waals surface area contributed by atoms with Crippen molar-refractivity contribution in [1.82, 2.24) is 9.55 Å². The fourth-order valence-electron chi connectivity index (χ4n) is 3.06. The van der Waals surface area contributed by atoms with Crippen LogP contribution < -0.4 is 10.5 Å². The number of aromatic nitrogens is 2. The van der Waals surface area contributed by atoms with Gasteiger partial charge in [0.05, 0.1) is 30.1 Å². The summed E-state index contributed by atoms with van der Waals surface area (Å²) in [7, 11) is 1.75. The molecule has 2 aromatic carbocycles. The van der Waals surface area contributed by atoms with Crippen LogP contribution in [-0.4, -0.2) is 27.3 Å². The molecule has 0 aliphatic carbocycles. The smallest absolute Gasteiger partial charge is 0.261 e. The molecule has 1 heterocycles. The fraction of sp³-hybridized carbons (Fsp3) is 0.300. The number of hydrogen-bond donors (Lipinski definition) is 1. The van der Waals surface area contributed by atoms with Crippen molar-refractivity contribution in [2.75, 3.05) is 11.5 Å². The molecule has 0 bridgehead atoms. The minimum atomic E-state index is -0.0503. The van der Waals surface area contributed by atoms with Gasteiger partial charge in [0.25, 0.3) is 5.56 Å². The third-order valence-corrected chi connectivity index (χ3v) is 4.60. The Hall–Kier alpha value is -2.66. The molecule has 0 saturated carbocycles. The van der Waals surface area contributed by atoms with Crippen molar-refractivity contribution in [3.63, 3.8) is 0 Å². The van der Waals surface area contributed by atoms with E-state index in [9.17, 15) is 9.90 Å². The monoisotopic (exact) mass is 337 g/mol. The molecular weight excluding hydrogens is 314 g/mol. The lowest BCUT2D eigenvalue weighted by molar-refractivity contribution is 0.254. The van der Waals surface area contributed by atoms with Gasteiger partial charge >= 0.3 is 0 Å². The van der Waals surface area contributed by atoms with Gasteiger partial charge in [-0.15, -0.1) is 0 Å². The molecule has 3 aromatic rings. The summed E-state index contributed by atoms with van der Waals surface area (Å²) in [6.07, 6.45) is 0.799. The van der Waals surface area contributed by atoms with Crippen molar-refractivity contribution in [3.8, 4) is 0 Å². The third-order valence-electron chi connectivity index (χ3n) is 4.60. The summed E-state index contributed by atoms with van der Waals surface area (Å²) in [5.74, 6) is 0.680. The maximum atomic E-state index is 12.6. The molecule has 5 nitrogen and oxygen atoms in total. The van der Waals surface area contributed by atoms with Crippen LogP contribution in [0.1, 0.15) is 19.2 Å². The molecule has 1 unspecified atom stereocenters. The first-order valence-corrected chi connectivity index (χ1v) is 8.53. The quantitative estimate of drug-likeness (QED) is 0.751. The second-order valence-electron chi connectivity index (χ2n) is 6.12. The molecule has 0 spiro atoms. The van der Waals surface area contributed by atoms with E-state index in [0.717, 1.165) is 12.1 Å². The lowest BCUT2D eigenvalue weighted by Crippen LogP contribution is -2.39. The van der Waals surface area contributed by atoms with E-state index in [0.29, 0.717) is 23.3 Å². The summed E-state index contributed by atoms with van der Waals surface area (Å²) in [5, 5.41) is 10.4. The summed E-state index contributed by atoms with van der Waals surface area (Å²) in [4.78, 5) is 19.4. The average Bonchev–Trinajstić information content (AvgIpc) is 2.66. The van der Waals surface area contributed by atoms with Gasteiger partial charge in [0, 0.05) is 12.7 Å². The van der Waals surface area contributed by atoms with E-state index in [4.69, 9.17) is 4.98 Å². The molecule has 1 atom stereocenters. The number of aliphatic hydroxyl groups is 1. The highest BCUT2D eigenvalue weighted by atomic mass is 16.3. The molecule has 0 aliphatic rings. The maximum absolute atomic E-state index is 12.6. The highest BCUT2D eigenvalue weighted by molar-refractivity contribution is 5.77. The number of benzene rings is 2. The number of nitrogens with zero attached hydrogens (tertiary/aromatic N) is 3. The van der Waals surface area contributed by atoms with E-state index in [1.54, 1.807) is 17.7 Å². The molecule has 0 amide bonds. The number of fused-ring (bicyclic) bond motifs is 1. The van der Waals surface area contributed by atoms with Gasteiger partial charge in [0.15, 0.2) is 0 Å². The Labute approximate surface area is 147 Å². The maximum Gasteiger partial charge on any atom is 0.261 e. The Morgan fingerprint density at radius 1 is 1.12 bits per heavy atom. The number of aliphatic hydroxyl groups excluding tert-OH is 1. The summed E-state index contributed by atoms with van der Waals surface area (Å²) >= 11 is 0. The molecule has 130 valence electrons. The molecule has 5 heteroatoms. The second kappa shape index (κ2) is 7.49. The van der Waals surface area contributed by atoms with Crippen molar-refractivity contribution >= 4 is 16.6 Å². The van der Waals surface area contributed by atoms with Gasteiger partial charge in [-0.05, 0) is 30.7 Å².